The molecule has 1 unspecified atom stereocenters. The Hall–Kier alpha value is -2.76. The van der Waals surface area contributed by atoms with Crippen LogP contribution in [-0.4, -0.2) is 24.0 Å². The van der Waals surface area contributed by atoms with Gasteiger partial charge in [-0.3, -0.25) is 4.79 Å². The highest BCUT2D eigenvalue weighted by Gasteiger charge is 2.45. The van der Waals surface area contributed by atoms with Crippen LogP contribution >= 0.6 is 0 Å². The Bertz CT molecular complexity index is 916. The molecular weight excluding hydrogens is 343 g/mol. The predicted molar refractivity (Wildman–Crippen MR) is 92.7 cm³/mol. The summed E-state index contributed by atoms with van der Waals surface area (Å²) < 4.78 is 46.2. The van der Waals surface area contributed by atoms with E-state index in [9.17, 15) is 18.0 Å². The van der Waals surface area contributed by atoms with Crippen LogP contribution < -0.4 is 0 Å². The van der Waals surface area contributed by atoms with E-state index >= 15 is 0 Å². The molecule has 1 heterocycles. The largest absolute Gasteiger partial charge is 0.464 e. The molecule has 0 saturated carbocycles. The lowest BCUT2D eigenvalue weighted by molar-refractivity contribution is -0.188. The van der Waals surface area contributed by atoms with Gasteiger partial charge in [0.1, 0.15) is 5.58 Å². The quantitative estimate of drug-likeness (QED) is 0.652. The van der Waals surface area contributed by atoms with Gasteiger partial charge in [0, 0.05) is 18.0 Å². The number of likely N-dealkylation sites (N-methyl/N-ethyl adjacent to an activating group) is 1. The first-order valence-corrected chi connectivity index (χ1v) is 8.11. The van der Waals surface area contributed by atoms with E-state index in [-0.39, 0.29) is 12.0 Å². The number of fused-ring (bicyclic) bond motifs is 1. The average Bonchev–Trinajstić information content (AvgIpc) is 2.96. The summed E-state index contributed by atoms with van der Waals surface area (Å²) in [6, 6.07) is 11.0. The molecule has 1 amide bonds. The van der Waals surface area contributed by atoms with Crippen LogP contribution in [0.15, 0.2) is 59.2 Å². The lowest BCUT2D eigenvalue weighted by Crippen LogP contribution is -2.40. The van der Waals surface area contributed by atoms with Crippen molar-refractivity contribution in [2.45, 2.75) is 25.6 Å². The smallest absolute Gasteiger partial charge is 0.413 e. The molecule has 3 nitrogen and oxygen atoms in total. The fraction of sp³-hybridized carbons (Fsp3) is 0.250. The summed E-state index contributed by atoms with van der Waals surface area (Å²) in [5.74, 6) is -0.626. The summed E-state index contributed by atoms with van der Waals surface area (Å²) in [6.45, 7) is 1.91. The predicted octanol–water partition coefficient (Wildman–Crippen LogP) is 5.05. The number of hydrogen-bond acceptors (Lipinski definition) is 2. The van der Waals surface area contributed by atoms with Crippen LogP contribution in [0, 0.1) is 6.92 Å². The number of carbonyl (C=O) groups is 1. The normalized spacial score (nSPS) is 13.0. The third-order valence-electron chi connectivity index (χ3n) is 4.36. The zero-order valence-electron chi connectivity index (χ0n) is 14.4. The van der Waals surface area contributed by atoms with E-state index in [1.54, 1.807) is 6.07 Å². The minimum atomic E-state index is -4.57. The molecule has 1 atom stereocenters. The maximum atomic E-state index is 13.6. The highest BCUT2D eigenvalue weighted by molar-refractivity contribution is 5.88. The molecule has 2 aromatic carbocycles. The number of carbonyl (C=O) groups excluding carboxylic acids is 1. The Kier molecular flexibility index (Phi) is 4.76. The maximum Gasteiger partial charge on any atom is 0.413 e. The van der Waals surface area contributed by atoms with Crippen LogP contribution in [0.2, 0.25) is 0 Å². The molecule has 26 heavy (non-hydrogen) atoms. The first-order chi connectivity index (χ1) is 12.3. The maximum absolute atomic E-state index is 13.6. The summed E-state index contributed by atoms with van der Waals surface area (Å²) in [5, 5.41) is 0.737. The van der Waals surface area contributed by atoms with Crippen molar-refractivity contribution in [1.82, 2.24) is 4.90 Å². The van der Waals surface area contributed by atoms with E-state index < -0.39 is 18.1 Å². The molecule has 0 saturated heterocycles. The van der Waals surface area contributed by atoms with Crippen LogP contribution in [0.5, 0.6) is 0 Å². The minimum absolute atomic E-state index is 0.0310. The number of benzene rings is 2. The van der Waals surface area contributed by atoms with Gasteiger partial charge in [-0.25, -0.2) is 0 Å². The van der Waals surface area contributed by atoms with Crippen LogP contribution in [0.4, 0.5) is 13.2 Å². The molecule has 3 aromatic rings. The van der Waals surface area contributed by atoms with Gasteiger partial charge in [-0.05, 0) is 24.1 Å². The van der Waals surface area contributed by atoms with E-state index in [4.69, 9.17) is 4.42 Å². The molecule has 6 heteroatoms. The fourth-order valence-corrected chi connectivity index (χ4v) is 3.03. The molecule has 0 bridgehead atoms. The zero-order valence-corrected chi connectivity index (χ0v) is 14.4. The molecule has 136 valence electrons. The second kappa shape index (κ2) is 6.86. The molecule has 1 aromatic heterocycles. The van der Waals surface area contributed by atoms with E-state index in [0.29, 0.717) is 11.1 Å². The second-order valence-corrected chi connectivity index (χ2v) is 6.30. The van der Waals surface area contributed by atoms with Crippen molar-refractivity contribution < 1.29 is 22.4 Å². The number of halogens is 3. The Labute approximate surface area is 149 Å². The first-order valence-electron chi connectivity index (χ1n) is 8.11. The van der Waals surface area contributed by atoms with Crippen LogP contribution in [0.25, 0.3) is 11.0 Å². The third-order valence-corrected chi connectivity index (χ3v) is 4.36. The number of amides is 1. The Morgan fingerprint density at radius 3 is 2.50 bits per heavy atom. The van der Waals surface area contributed by atoms with Gasteiger partial charge < -0.3 is 9.32 Å². The van der Waals surface area contributed by atoms with Crippen molar-refractivity contribution in [3.8, 4) is 0 Å². The number of aryl methyl sites for hydroxylation is 1. The van der Waals surface area contributed by atoms with Gasteiger partial charge >= 0.3 is 6.18 Å². The average molecular weight is 361 g/mol. The Balaban J connectivity index is 1.87. The lowest BCUT2D eigenvalue weighted by atomic mass is 10.0. The summed E-state index contributed by atoms with van der Waals surface area (Å²) in [7, 11) is 1.18. The van der Waals surface area contributed by atoms with Crippen molar-refractivity contribution in [3.63, 3.8) is 0 Å². The summed E-state index contributed by atoms with van der Waals surface area (Å²) in [4.78, 5) is 13.3. The molecule has 0 aliphatic heterocycles. The van der Waals surface area contributed by atoms with Crippen LogP contribution in [0.3, 0.4) is 0 Å². The minimum Gasteiger partial charge on any atom is -0.464 e. The van der Waals surface area contributed by atoms with Gasteiger partial charge in [0.05, 0.1) is 12.7 Å². The summed E-state index contributed by atoms with van der Waals surface area (Å²) in [6.07, 6.45) is -3.30. The number of furan rings is 1. The van der Waals surface area contributed by atoms with Crippen molar-refractivity contribution in [2.75, 3.05) is 7.05 Å². The van der Waals surface area contributed by atoms with Crippen molar-refractivity contribution in [3.05, 3.63) is 71.5 Å². The lowest BCUT2D eigenvalue weighted by Gasteiger charge is -2.30. The van der Waals surface area contributed by atoms with E-state index in [1.165, 1.54) is 37.6 Å². The van der Waals surface area contributed by atoms with Crippen LogP contribution in [0.1, 0.15) is 22.7 Å². The van der Waals surface area contributed by atoms with Gasteiger partial charge in [0.15, 0.2) is 6.04 Å². The first kappa shape index (κ1) is 18.0. The number of nitrogens with zero attached hydrogens (tertiary/aromatic N) is 1. The molecule has 0 spiro atoms. The molecule has 0 aliphatic rings. The third kappa shape index (κ3) is 3.59. The van der Waals surface area contributed by atoms with Crippen molar-refractivity contribution >= 4 is 16.9 Å². The van der Waals surface area contributed by atoms with Gasteiger partial charge in [-0.1, -0.05) is 42.5 Å². The molecule has 0 radical (unpaired) electrons. The van der Waals surface area contributed by atoms with E-state index in [0.717, 1.165) is 15.8 Å². The topological polar surface area (TPSA) is 33.5 Å². The summed E-state index contributed by atoms with van der Waals surface area (Å²) in [5.41, 5.74) is 2.23. The van der Waals surface area contributed by atoms with Crippen molar-refractivity contribution in [2.24, 2.45) is 0 Å². The van der Waals surface area contributed by atoms with Gasteiger partial charge in [0.25, 0.3) is 0 Å². The number of rotatable bonds is 4. The number of hydrogen-bond donors (Lipinski definition) is 0. The second-order valence-electron chi connectivity index (χ2n) is 6.30. The van der Waals surface area contributed by atoms with E-state index in [2.05, 4.69) is 0 Å². The Morgan fingerprint density at radius 2 is 1.85 bits per heavy atom. The molecule has 3 rings (SSSR count). The zero-order chi connectivity index (χ0) is 18.9. The summed E-state index contributed by atoms with van der Waals surface area (Å²) >= 11 is 0. The highest BCUT2D eigenvalue weighted by atomic mass is 19.4. The van der Waals surface area contributed by atoms with Gasteiger partial charge in [-0.15, -0.1) is 0 Å². The standard InChI is InChI=1S/C20H18F3NO2/c1-13-8-9-16-15(12-26-17(16)10-13)11-18(25)24(2)19(20(21,22)23)14-6-4-3-5-7-14/h3-10,12,19H,11H2,1-2H3. The fourth-order valence-electron chi connectivity index (χ4n) is 3.03. The molecule has 0 fully saturated rings. The SMILES string of the molecule is Cc1ccc2c(CC(=O)N(C)C(c3ccccc3)C(F)(F)F)coc2c1. The monoisotopic (exact) mass is 361 g/mol. The number of alkyl halides is 3. The Morgan fingerprint density at radius 1 is 1.15 bits per heavy atom. The van der Waals surface area contributed by atoms with Crippen LogP contribution in [-0.2, 0) is 11.2 Å². The van der Waals surface area contributed by atoms with Gasteiger partial charge in [-0.2, -0.15) is 13.2 Å². The van der Waals surface area contributed by atoms with Gasteiger partial charge in [0.2, 0.25) is 5.91 Å². The van der Waals surface area contributed by atoms with Crippen molar-refractivity contribution in [1.29, 1.82) is 0 Å². The highest BCUT2D eigenvalue weighted by Crippen LogP contribution is 2.37. The van der Waals surface area contributed by atoms with E-state index in [1.807, 2.05) is 25.1 Å². The molecule has 0 N–H and O–H groups in total. The molecular formula is C20H18F3NO2. The molecule has 0 aliphatic carbocycles.